The summed E-state index contributed by atoms with van der Waals surface area (Å²) in [5.41, 5.74) is 0.666. The van der Waals surface area contributed by atoms with E-state index in [0.29, 0.717) is 67.6 Å². The van der Waals surface area contributed by atoms with Gasteiger partial charge in [-0.1, -0.05) is 34.6 Å². The number of carbonyl (C=O) groups excluding carboxylic acids is 2. The number of hydrogen-bond donors (Lipinski definition) is 3. The van der Waals surface area contributed by atoms with E-state index in [0.717, 1.165) is 0 Å². The standard InChI is InChI=1S/C25H35N5O4/c1-16(2)14-26-22(31)15-29-8-10-30(11-9-29)21-13-19(23(32)33)18-12-17(6-7-20(18)28-21)27-24(34)25(3,4)5/h6-7,12-13,16H,8-11,14-15H2,1-5H3,(H,26,31)(H,27,34)(H,32,33). The number of rotatable bonds is 7. The third-order valence-corrected chi connectivity index (χ3v) is 5.74. The predicted molar refractivity (Wildman–Crippen MR) is 133 cm³/mol. The van der Waals surface area contributed by atoms with Crippen LogP contribution in [-0.2, 0) is 9.59 Å². The Labute approximate surface area is 200 Å². The number of nitrogens with zero attached hydrogens (tertiary/aromatic N) is 3. The van der Waals surface area contributed by atoms with E-state index in [1.165, 1.54) is 0 Å². The molecule has 0 radical (unpaired) electrons. The van der Waals surface area contributed by atoms with Crippen molar-refractivity contribution < 1.29 is 19.5 Å². The Balaban J connectivity index is 1.74. The molecule has 3 rings (SSSR count). The molecule has 1 aliphatic rings. The largest absolute Gasteiger partial charge is 0.478 e. The van der Waals surface area contributed by atoms with Gasteiger partial charge < -0.3 is 20.6 Å². The summed E-state index contributed by atoms with van der Waals surface area (Å²) in [6, 6.07) is 6.72. The highest BCUT2D eigenvalue weighted by atomic mass is 16.4. The fourth-order valence-electron chi connectivity index (χ4n) is 3.66. The maximum atomic E-state index is 12.3. The van der Waals surface area contributed by atoms with E-state index in [1.807, 2.05) is 25.7 Å². The lowest BCUT2D eigenvalue weighted by atomic mass is 9.95. The van der Waals surface area contributed by atoms with Crippen LogP contribution in [0.25, 0.3) is 10.9 Å². The van der Waals surface area contributed by atoms with Crippen LogP contribution in [0.4, 0.5) is 11.5 Å². The van der Waals surface area contributed by atoms with Crippen LogP contribution in [0.1, 0.15) is 45.0 Å². The van der Waals surface area contributed by atoms with Gasteiger partial charge in [-0.15, -0.1) is 0 Å². The lowest BCUT2D eigenvalue weighted by molar-refractivity contribution is -0.123. The van der Waals surface area contributed by atoms with Crippen LogP contribution in [0, 0.1) is 11.3 Å². The molecule has 2 heterocycles. The SMILES string of the molecule is CC(C)CNC(=O)CN1CCN(c2cc(C(=O)O)c3cc(NC(=O)C(C)(C)C)ccc3n2)CC1. The Kier molecular flexibility index (Phi) is 7.76. The molecule has 0 spiro atoms. The minimum Gasteiger partial charge on any atom is -0.478 e. The molecule has 3 N–H and O–H groups in total. The number of benzene rings is 1. The average Bonchev–Trinajstić information content (AvgIpc) is 2.76. The molecule has 0 aliphatic carbocycles. The van der Waals surface area contributed by atoms with Gasteiger partial charge in [-0.05, 0) is 30.2 Å². The molecule has 0 unspecified atom stereocenters. The van der Waals surface area contributed by atoms with Gasteiger partial charge in [-0.25, -0.2) is 9.78 Å². The third kappa shape index (κ3) is 6.44. The van der Waals surface area contributed by atoms with Crippen molar-refractivity contribution in [1.29, 1.82) is 0 Å². The van der Waals surface area contributed by atoms with E-state index in [-0.39, 0.29) is 17.4 Å². The van der Waals surface area contributed by atoms with Crippen LogP contribution in [0.15, 0.2) is 24.3 Å². The quantitative estimate of drug-likeness (QED) is 0.571. The number of anilines is 2. The maximum absolute atomic E-state index is 12.3. The molecule has 1 aromatic heterocycles. The minimum atomic E-state index is -1.05. The van der Waals surface area contributed by atoms with Gasteiger partial charge in [-0.2, -0.15) is 0 Å². The normalized spacial score (nSPS) is 14.9. The van der Waals surface area contributed by atoms with Crippen LogP contribution in [0.2, 0.25) is 0 Å². The Morgan fingerprint density at radius 1 is 1.09 bits per heavy atom. The number of aromatic nitrogens is 1. The van der Waals surface area contributed by atoms with Crippen molar-refractivity contribution in [2.24, 2.45) is 11.3 Å². The van der Waals surface area contributed by atoms with Crippen molar-refractivity contribution in [3.63, 3.8) is 0 Å². The van der Waals surface area contributed by atoms with Crippen molar-refractivity contribution in [3.8, 4) is 0 Å². The number of carboxylic acids is 1. The van der Waals surface area contributed by atoms with Gasteiger partial charge in [0.05, 0.1) is 17.6 Å². The molecule has 0 bridgehead atoms. The Hall–Kier alpha value is -3.20. The summed E-state index contributed by atoms with van der Waals surface area (Å²) in [4.78, 5) is 45.3. The molecular formula is C25H35N5O4. The Bertz CT molecular complexity index is 1070. The van der Waals surface area contributed by atoms with E-state index in [4.69, 9.17) is 4.98 Å². The van der Waals surface area contributed by atoms with Gasteiger partial charge in [0.25, 0.3) is 0 Å². The number of piperazine rings is 1. The van der Waals surface area contributed by atoms with Gasteiger partial charge in [0, 0.05) is 49.2 Å². The lowest BCUT2D eigenvalue weighted by Crippen LogP contribution is -2.50. The summed E-state index contributed by atoms with van der Waals surface area (Å²) < 4.78 is 0. The number of nitrogens with one attached hydrogen (secondary N) is 2. The smallest absolute Gasteiger partial charge is 0.336 e. The first-order valence-electron chi connectivity index (χ1n) is 11.7. The number of pyridine rings is 1. The second-order valence-electron chi connectivity index (χ2n) is 10.2. The number of aromatic carboxylic acids is 1. The lowest BCUT2D eigenvalue weighted by Gasteiger charge is -2.35. The van der Waals surface area contributed by atoms with Crippen LogP contribution < -0.4 is 15.5 Å². The number of carbonyl (C=O) groups is 3. The Morgan fingerprint density at radius 3 is 2.35 bits per heavy atom. The average molecular weight is 470 g/mol. The summed E-state index contributed by atoms with van der Waals surface area (Å²) in [5, 5.41) is 16.1. The molecule has 9 nitrogen and oxygen atoms in total. The first kappa shape index (κ1) is 25.4. The minimum absolute atomic E-state index is 0.0218. The highest BCUT2D eigenvalue weighted by Crippen LogP contribution is 2.27. The number of amides is 2. The molecule has 34 heavy (non-hydrogen) atoms. The second-order valence-corrected chi connectivity index (χ2v) is 10.2. The molecule has 184 valence electrons. The summed E-state index contributed by atoms with van der Waals surface area (Å²) in [6.45, 7) is 13.3. The molecule has 1 saturated heterocycles. The van der Waals surface area contributed by atoms with Crippen molar-refractivity contribution >= 4 is 40.2 Å². The molecule has 1 aliphatic heterocycles. The molecule has 2 aromatic rings. The van der Waals surface area contributed by atoms with Crippen molar-refractivity contribution in [1.82, 2.24) is 15.2 Å². The predicted octanol–water partition coefficient (Wildman–Crippen LogP) is 2.81. The van der Waals surface area contributed by atoms with Gasteiger partial charge in [0.1, 0.15) is 5.82 Å². The molecule has 0 saturated carbocycles. The first-order chi connectivity index (χ1) is 15.9. The van der Waals surface area contributed by atoms with Crippen molar-refractivity contribution in [3.05, 3.63) is 29.8 Å². The number of hydrogen-bond acceptors (Lipinski definition) is 6. The van der Waals surface area contributed by atoms with Crippen LogP contribution in [0.3, 0.4) is 0 Å². The second kappa shape index (κ2) is 10.4. The molecule has 1 fully saturated rings. The summed E-state index contributed by atoms with van der Waals surface area (Å²) in [6.07, 6.45) is 0. The van der Waals surface area contributed by atoms with E-state index < -0.39 is 11.4 Å². The number of fused-ring (bicyclic) bond motifs is 1. The Morgan fingerprint density at radius 2 is 1.76 bits per heavy atom. The van der Waals surface area contributed by atoms with Crippen LogP contribution in [0.5, 0.6) is 0 Å². The van der Waals surface area contributed by atoms with Gasteiger partial charge in [-0.3, -0.25) is 14.5 Å². The molecule has 0 atom stereocenters. The highest BCUT2D eigenvalue weighted by molar-refractivity contribution is 6.05. The monoisotopic (exact) mass is 469 g/mol. The third-order valence-electron chi connectivity index (χ3n) is 5.74. The summed E-state index contributed by atoms with van der Waals surface area (Å²) in [5.74, 6) is -0.166. The maximum Gasteiger partial charge on any atom is 0.336 e. The van der Waals surface area contributed by atoms with E-state index in [9.17, 15) is 19.5 Å². The van der Waals surface area contributed by atoms with Crippen LogP contribution >= 0.6 is 0 Å². The van der Waals surface area contributed by atoms with Crippen LogP contribution in [-0.4, -0.2) is 72.0 Å². The highest BCUT2D eigenvalue weighted by Gasteiger charge is 2.24. The number of carboxylic acid groups (broad SMARTS) is 1. The topological polar surface area (TPSA) is 115 Å². The van der Waals surface area contributed by atoms with E-state index >= 15 is 0 Å². The van der Waals surface area contributed by atoms with Crippen molar-refractivity contribution in [2.75, 3.05) is 49.5 Å². The molecule has 1 aromatic carbocycles. The van der Waals surface area contributed by atoms with Gasteiger partial charge >= 0.3 is 5.97 Å². The summed E-state index contributed by atoms with van der Waals surface area (Å²) >= 11 is 0. The zero-order chi connectivity index (χ0) is 25.0. The molecular weight excluding hydrogens is 434 g/mol. The van der Waals surface area contributed by atoms with Gasteiger partial charge in [0.2, 0.25) is 11.8 Å². The van der Waals surface area contributed by atoms with Crippen molar-refractivity contribution in [2.45, 2.75) is 34.6 Å². The zero-order valence-electron chi connectivity index (χ0n) is 20.6. The first-order valence-corrected chi connectivity index (χ1v) is 11.7. The molecule has 9 heteroatoms. The van der Waals surface area contributed by atoms with E-state index in [1.54, 1.807) is 24.3 Å². The molecule has 2 amide bonds. The fraction of sp³-hybridized carbons (Fsp3) is 0.520. The summed E-state index contributed by atoms with van der Waals surface area (Å²) in [7, 11) is 0. The van der Waals surface area contributed by atoms with Gasteiger partial charge in [0.15, 0.2) is 0 Å². The van der Waals surface area contributed by atoms with E-state index in [2.05, 4.69) is 29.4 Å². The zero-order valence-corrected chi connectivity index (χ0v) is 20.6. The fourth-order valence-corrected chi connectivity index (χ4v) is 3.66.